The Hall–Kier alpha value is -2.82. The van der Waals surface area contributed by atoms with Crippen molar-refractivity contribution in [1.29, 1.82) is 0 Å². The van der Waals surface area contributed by atoms with Crippen molar-refractivity contribution in [2.24, 2.45) is 12.0 Å². The van der Waals surface area contributed by atoms with Crippen LogP contribution in [0.2, 0.25) is 0 Å². The van der Waals surface area contributed by atoms with Crippen LogP contribution in [-0.4, -0.2) is 47.5 Å². The quantitative estimate of drug-likeness (QED) is 0.156. The molecule has 0 aliphatic heterocycles. The van der Waals surface area contributed by atoms with Gasteiger partial charge < -0.3 is 24.8 Å². The summed E-state index contributed by atoms with van der Waals surface area (Å²) in [7, 11) is 3.64. The van der Waals surface area contributed by atoms with E-state index < -0.39 is 0 Å². The molecule has 2 N–H and O–H groups in total. The molecule has 0 amide bonds. The van der Waals surface area contributed by atoms with Gasteiger partial charge in [0.15, 0.2) is 11.8 Å². The number of anilines is 1. The number of hydrogen-bond acceptors (Lipinski definition) is 5. The third-order valence-corrected chi connectivity index (χ3v) is 5.58. The van der Waals surface area contributed by atoms with Gasteiger partial charge in [0.25, 0.3) is 0 Å². The molecule has 184 valence electrons. The van der Waals surface area contributed by atoms with Crippen LogP contribution in [0.3, 0.4) is 0 Å². The maximum Gasteiger partial charge on any atom is 0.191 e. The van der Waals surface area contributed by atoms with Gasteiger partial charge in [0.1, 0.15) is 11.6 Å². The Bertz CT molecular complexity index is 1010. The molecule has 0 spiro atoms. The zero-order valence-corrected chi connectivity index (χ0v) is 22.8. The second-order valence-electron chi connectivity index (χ2n) is 7.78. The molecule has 0 saturated heterocycles. The molecule has 0 aliphatic carbocycles. The van der Waals surface area contributed by atoms with Crippen LogP contribution in [0.5, 0.6) is 5.75 Å². The summed E-state index contributed by atoms with van der Waals surface area (Å²) < 4.78 is 7.22. The summed E-state index contributed by atoms with van der Waals surface area (Å²) >= 11 is 0. The van der Waals surface area contributed by atoms with Crippen molar-refractivity contribution in [1.82, 2.24) is 25.4 Å². The number of aryl methyl sites for hydroxylation is 1. The number of rotatable bonds is 11. The molecule has 3 aromatic rings. The van der Waals surface area contributed by atoms with E-state index in [4.69, 9.17) is 9.73 Å². The van der Waals surface area contributed by atoms with Crippen LogP contribution < -0.4 is 20.3 Å². The molecular weight excluding hydrogens is 541 g/mol. The SMILES string of the molecule is CCN(CCCNC(=NCc1ccc(OC)cc1)NCc1nnc(C)n1C)c1ccccc1.I. The molecule has 34 heavy (non-hydrogen) atoms. The van der Waals surface area contributed by atoms with E-state index >= 15 is 0 Å². The minimum Gasteiger partial charge on any atom is -0.497 e. The Morgan fingerprint density at radius 1 is 1.06 bits per heavy atom. The zero-order valence-electron chi connectivity index (χ0n) is 20.5. The number of nitrogens with zero attached hydrogens (tertiary/aromatic N) is 5. The summed E-state index contributed by atoms with van der Waals surface area (Å²) in [6, 6.07) is 18.5. The molecular formula is C25H36IN7O. The number of guanidine groups is 1. The van der Waals surface area contributed by atoms with E-state index in [0.717, 1.165) is 55.0 Å². The van der Waals surface area contributed by atoms with Crippen molar-refractivity contribution in [2.75, 3.05) is 31.6 Å². The maximum absolute atomic E-state index is 5.24. The minimum atomic E-state index is 0. The molecule has 9 heteroatoms. The van der Waals surface area contributed by atoms with E-state index in [9.17, 15) is 0 Å². The van der Waals surface area contributed by atoms with Crippen LogP contribution in [0, 0.1) is 6.92 Å². The molecule has 0 unspecified atom stereocenters. The van der Waals surface area contributed by atoms with Crippen LogP contribution in [0.15, 0.2) is 59.6 Å². The van der Waals surface area contributed by atoms with Gasteiger partial charge >= 0.3 is 0 Å². The molecule has 0 radical (unpaired) electrons. The smallest absolute Gasteiger partial charge is 0.191 e. The number of aromatic nitrogens is 3. The lowest BCUT2D eigenvalue weighted by atomic mass is 10.2. The third kappa shape index (κ3) is 8.19. The number of benzene rings is 2. The molecule has 0 bridgehead atoms. The molecule has 0 fully saturated rings. The van der Waals surface area contributed by atoms with Gasteiger partial charge in [0.2, 0.25) is 0 Å². The summed E-state index contributed by atoms with van der Waals surface area (Å²) in [5.41, 5.74) is 2.37. The van der Waals surface area contributed by atoms with Crippen molar-refractivity contribution < 1.29 is 4.74 Å². The minimum absolute atomic E-state index is 0. The van der Waals surface area contributed by atoms with E-state index in [0.29, 0.717) is 13.1 Å². The number of nitrogens with one attached hydrogen (secondary N) is 2. The van der Waals surface area contributed by atoms with E-state index in [1.807, 2.05) is 42.8 Å². The molecule has 0 aliphatic rings. The van der Waals surface area contributed by atoms with Gasteiger partial charge in [-0.25, -0.2) is 4.99 Å². The third-order valence-electron chi connectivity index (χ3n) is 5.58. The summed E-state index contributed by atoms with van der Waals surface area (Å²) in [5.74, 6) is 3.36. The highest BCUT2D eigenvalue weighted by Gasteiger charge is 2.07. The van der Waals surface area contributed by atoms with Crippen molar-refractivity contribution >= 4 is 35.6 Å². The van der Waals surface area contributed by atoms with Gasteiger partial charge in [0, 0.05) is 32.4 Å². The summed E-state index contributed by atoms with van der Waals surface area (Å²) in [6.07, 6.45) is 0.995. The lowest BCUT2D eigenvalue weighted by molar-refractivity contribution is 0.414. The highest BCUT2D eigenvalue weighted by Crippen LogP contribution is 2.13. The first-order valence-corrected chi connectivity index (χ1v) is 11.4. The lowest BCUT2D eigenvalue weighted by Gasteiger charge is -2.23. The van der Waals surface area contributed by atoms with E-state index in [1.165, 1.54) is 5.69 Å². The largest absolute Gasteiger partial charge is 0.497 e. The highest BCUT2D eigenvalue weighted by atomic mass is 127. The fourth-order valence-electron chi connectivity index (χ4n) is 3.43. The first-order chi connectivity index (χ1) is 16.1. The Morgan fingerprint density at radius 2 is 1.79 bits per heavy atom. The number of halogens is 1. The Balaban J connectivity index is 0.00000408. The number of ether oxygens (including phenoxy) is 1. The van der Waals surface area contributed by atoms with Crippen LogP contribution >= 0.6 is 24.0 Å². The first kappa shape index (κ1) is 27.4. The maximum atomic E-state index is 5.24. The predicted molar refractivity (Wildman–Crippen MR) is 149 cm³/mol. The van der Waals surface area contributed by atoms with Crippen molar-refractivity contribution in [3.05, 3.63) is 71.8 Å². The highest BCUT2D eigenvalue weighted by molar-refractivity contribution is 14.0. The fourth-order valence-corrected chi connectivity index (χ4v) is 3.43. The second-order valence-corrected chi connectivity index (χ2v) is 7.78. The predicted octanol–water partition coefficient (Wildman–Crippen LogP) is 3.90. The molecule has 0 atom stereocenters. The molecule has 3 rings (SSSR count). The topological polar surface area (TPSA) is 79.6 Å². The average molecular weight is 578 g/mol. The summed E-state index contributed by atoms with van der Waals surface area (Å²) in [5, 5.41) is 15.2. The average Bonchev–Trinajstić information content (AvgIpc) is 3.18. The Morgan fingerprint density at radius 3 is 2.41 bits per heavy atom. The first-order valence-electron chi connectivity index (χ1n) is 11.4. The van der Waals surface area contributed by atoms with E-state index in [-0.39, 0.29) is 24.0 Å². The van der Waals surface area contributed by atoms with Crippen molar-refractivity contribution in [2.45, 2.75) is 33.4 Å². The van der Waals surface area contributed by atoms with Gasteiger partial charge in [0.05, 0.1) is 20.2 Å². The van der Waals surface area contributed by atoms with Crippen molar-refractivity contribution in [3.63, 3.8) is 0 Å². The Labute approximate surface area is 219 Å². The number of para-hydroxylation sites is 1. The zero-order chi connectivity index (χ0) is 23.5. The van der Waals surface area contributed by atoms with E-state index in [2.05, 4.69) is 63.0 Å². The molecule has 0 saturated carbocycles. The molecule has 1 heterocycles. The number of aliphatic imine (C=N–C) groups is 1. The van der Waals surface area contributed by atoms with Crippen LogP contribution in [0.25, 0.3) is 0 Å². The van der Waals surface area contributed by atoms with Crippen LogP contribution in [-0.2, 0) is 20.1 Å². The van der Waals surface area contributed by atoms with Gasteiger partial charge in [-0.05, 0) is 50.1 Å². The summed E-state index contributed by atoms with van der Waals surface area (Å²) in [6.45, 7) is 8.02. The van der Waals surface area contributed by atoms with Crippen LogP contribution in [0.1, 0.15) is 30.6 Å². The monoisotopic (exact) mass is 577 g/mol. The van der Waals surface area contributed by atoms with Gasteiger partial charge in [-0.1, -0.05) is 30.3 Å². The fraction of sp³-hybridized carbons (Fsp3) is 0.400. The Kier molecular flexibility index (Phi) is 11.7. The normalized spacial score (nSPS) is 11.0. The number of hydrogen-bond donors (Lipinski definition) is 2. The van der Waals surface area contributed by atoms with Gasteiger partial charge in [-0.2, -0.15) is 0 Å². The molecule has 8 nitrogen and oxygen atoms in total. The van der Waals surface area contributed by atoms with Gasteiger partial charge in [-0.15, -0.1) is 34.2 Å². The van der Waals surface area contributed by atoms with Crippen molar-refractivity contribution in [3.8, 4) is 5.75 Å². The number of methoxy groups -OCH3 is 1. The second kappa shape index (κ2) is 14.4. The van der Waals surface area contributed by atoms with Gasteiger partial charge in [-0.3, -0.25) is 0 Å². The van der Waals surface area contributed by atoms with Crippen LogP contribution in [0.4, 0.5) is 5.69 Å². The summed E-state index contributed by atoms with van der Waals surface area (Å²) in [4.78, 5) is 7.16. The molecule has 1 aromatic heterocycles. The lowest BCUT2D eigenvalue weighted by Crippen LogP contribution is -2.39. The molecule has 2 aromatic carbocycles. The van der Waals surface area contributed by atoms with E-state index in [1.54, 1.807) is 7.11 Å². The standard InChI is InChI=1S/C25H35N7O.HI/c1-5-32(22-10-7-6-8-11-22)17-9-16-26-25(28-19-24-30-29-20(2)31(24)3)27-18-21-12-14-23(33-4)15-13-21;/h6-8,10-15H,5,9,16-19H2,1-4H3,(H2,26,27,28);1H.